The highest BCUT2D eigenvalue weighted by molar-refractivity contribution is 9.10. The second-order valence-corrected chi connectivity index (χ2v) is 8.31. The average molecular weight is 555 g/mol. The standard InChI is InChI=1S/C24H16BrFN4O6/c25-15-10-14(11-17-23(32)28-29(24(17)33)16-6-2-1-3-7-16)22(20(12-15)30(34)35)36-13-21(31)27-19-9-5-4-8-18(19)26/h1-12H,13H2,(H,27,31)(H,28,32)/b17-11-. The number of hydrogen-bond donors (Lipinski definition) is 2. The van der Waals surface area contributed by atoms with Crippen LogP contribution >= 0.6 is 15.9 Å². The van der Waals surface area contributed by atoms with Crippen LogP contribution in [0, 0.1) is 15.9 Å². The number of carbonyl (C=O) groups is 3. The van der Waals surface area contributed by atoms with Gasteiger partial charge in [0.05, 0.1) is 16.3 Å². The predicted octanol–water partition coefficient (Wildman–Crippen LogP) is 3.98. The molecule has 1 heterocycles. The molecule has 0 spiro atoms. The molecule has 182 valence electrons. The molecule has 0 aromatic heterocycles. The number of anilines is 2. The smallest absolute Gasteiger partial charge is 0.312 e. The number of nitro groups is 1. The van der Waals surface area contributed by atoms with E-state index in [0.29, 0.717) is 5.69 Å². The van der Waals surface area contributed by atoms with Gasteiger partial charge in [-0.15, -0.1) is 0 Å². The number of para-hydroxylation sites is 2. The quantitative estimate of drug-likeness (QED) is 0.196. The Balaban J connectivity index is 1.65. The highest BCUT2D eigenvalue weighted by atomic mass is 79.9. The summed E-state index contributed by atoms with van der Waals surface area (Å²) in [7, 11) is 0. The van der Waals surface area contributed by atoms with Crippen LogP contribution in [0.4, 0.5) is 21.5 Å². The number of nitro benzene ring substituents is 1. The molecule has 0 aliphatic carbocycles. The number of benzene rings is 3. The first-order valence-corrected chi connectivity index (χ1v) is 11.1. The van der Waals surface area contributed by atoms with Gasteiger partial charge in [-0.1, -0.05) is 46.3 Å². The summed E-state index contributed by atoms with van der Waals surface area (Å²) >= 11 is 3.17. The van der Waals surface area contributed by atoms with E-state index in [-0.39, 0.29) is 27.0 Å². The summed E-state index contributed by atoms with van der Waals surface area (Å²) in [5.41, 5.74) is 1.95. The van der Waals surface area contributed by atoms with Gasteiger partial charge in [0, 0.05) is 16.1 Å². The minimum atomic E-state index is -0.777. The maximum Gasteiger partial charge on any atom is 0.312 e. The van der Waals surface area contributed by atoms with E-state index < -0.39 is 40.8 Å². The molecule has 36 heavy (non-hydrogen) atoms. The molecule has 0 saturated carbocycles. The van der Waals surface area contributed by atoms with Crippen LogP contribution in [0.15, 0.2) is 76.8 Å². The molecular formula is C24H16BrFN4O6. The Hall–Kier alpha value is -4.58. The number of carbonyl (C=O) groups excluding carboxylic acids is 3. The van der Waals surface area contributed by atoms with Crippen LogP contribution in [0.1, 0.15) is 5.56 Å². The third-order valence-electron chi connectivity index (χ3n) is 4.96. The van der Waals surface area contributed by atoms with Crippen LogP contribution in [-0.4, -0.2) is 29.3 Å². The first-order valence-electron chi connectivity index (χ1n) is 10.3. The lowest BCUT2D eigenvalue weighted by atomic mass is 10.1. The number of ether oxygens (including phenoxy) is 1. The Bertz CT molecular complexity index is 1410. The lowest BCUT2D eigenvalue weighted by Gasteiger charge is -2.14. The highest BCUT2D eigenvalue weighted by Gasteiger charge is 2.35. The van der Waals surface area contributed by atoms with E-state index in [1.807, 2.05) is 0 Å². The molecule has 3 amide bonds. The number of halogens is 2. The maximum absolute atomic E-state index is 13.8. The fourth-order valence-electron chi connectivity index (χ4n) is 3.36. The van der Waals surface area contributed by atoms with Crippen molar-refractivity contribution >= 4 is 56.8 Å². The monoisotopic (exact) mass is 554 g/mol. The minimum Gasteiger partial charge on any atom is -0.476 e. The predicted molar refractivity (Wildman–Crippen MR) is 131 cm³/mol. The largest absolute Gasteiger partial charge is 0.476 e. The van der Waals surface area contributed by atoms with Crippen LogP contribution in [0.2, 0.25) is 0 Å². The van der Waals surface area contributed by atoms with Gasteiger partial charge in [-0.05, 0) is 36.4 Å². The van der Waals surface area contributed by atoms with E-state index in [1.54, 1.807) is 30.3 Å². The fraction of sp³-hybridized carbons (Fsp3) is 0.0417. The van der Waals surface area contributed by atoms with E-state index in [4.69, 9.17) is 4.74 Å². The second-order valence-electron chi connectivity index (χ2n) is 7.39. The minimum absolute atomic E-state index is 0.00294. The van der Waals surface area contributed by atoms with Crippen molar-refractivity contribution < 1.29 is 28.4 Å². The molecule has 0 atom stereocenters. The lowest BCUT2D eigenvalue weighted by Crippen LogP contribution is -2.35. The van der Waals surface area contributed by atoms with Gasteiger partial charge in [-0.3, -0.25) is 29.9 Å². The van der Waals surface area contributed by atoms with E-state index in [2.05, 4.69) is 26.7 Å². The van der Waals surface area contributed by atoms with Crippen LogP contribution in [0.5, 0.6) is 5.75 Å². The molecule has 1 saturated heterocycles. The van der Waals surface area contributed by atoms with E-state index >= 15 is 0 Å². The van der Waals surface area contributed by atoms with Crippen molar-refractivity contribution in [2.75, 3.05) is 16.9 Å². The van der Waals surface area contributed by atoms with Crippen molar-refractivity contribution in [1.82, 2.24) is 5.43 Å². The summed E-state index contributed by atoms with van der Waals surface area (Å²) in [5, 5.41) is 15.0. The van der Waals surface area contributed by atoms with Gasteiger partial charge in [0.1, 0.15) is 11.4 Å². The maximum atomic E-state index is 13.8. The Morgan fingerprint density at radius 1 is 1.14 bits per heavy atom. The third kappa shape index (κ3) is 5.23. The van der Waals surface area contributed by atoms with Gasteiger partial charge >= 0.3 is 5.69 Å². The van der Waals surface area contributed by atoms with Gasteiger partial charge in [0.2, 0.25) is 5.75 Å². The molecule has 4 rings (SSSR count). The Labute approximate surface area is 211 Å². The zero-order valence-electron chi connectivity index (χ0n) is 18.2. The molecule has 3 aromatic rings. The van der Waals surface area contributed by atoms with E-state index in [9.17, 15) is 28.9 Å². The van der Waals surface area contributed by atoms with Gasteiger partial charge in [-0.2, -0.15) is 0 Å². The molecular weight excluding hydrogens is 539 g/mol. The summed E-state index contributed by atoms with van der Waals surface area (Å²) < 4.78 is 19.5. The van der Waals surface area contributed by atoms with Crippen LogP contribution in [0.25, 0.3) is 6.08 Å². The third-order valence-corrected chi connectivity index (χ3v) is 5.42. The number of nitrogens with one attached hydrogen (secondary N) is 2. The summed E-state index contributed by atoms with van der Waals surface area (Å²) in [6.07, 6.45) is 1.14. The molecule has 0 bridgehead atoms. The van der Waals surface area contributed by atoms with Crippen LogP contribution < -0.4 is 20.5 Å². The number of rotatable bonds is 7. The number of nitrogens with zero attached hydrogens (tertiary/aromatic N) is 2. The van der Waals surface area contributed by atoms with Gasteiger partial charge in [0.15, 0.2) is 6.61 Å². The molecule has 3 aromatic carbocycles. The lowest BCUT2D eigenvalue weighted by molar-refractivity contribution is -0.385. The molecule has 1 aliphatic rings. The van der Waals surface area contributed by atoms with Crippen LogP contribution in [0.3, 0.4) is 0 Å². The number of amides is 3. The first kappa shape index (κ1) is 24.5. The number of hydrogen-bond acceptors (Lipinski definition) is 6. The first-order chi connectivity index (χ1) is 17.2. The van der Waals surface area contributed by atoms with Crippen molar-refractivity contribution in [2.24, 2.45) is 0 Å². The normalized spacial score (nSPS) is 14.1. The Kier molecular flexibility index (Phi) is 7.06. The SMILES string of the molecule is O=C(COc1c(/C=C2/C(=O)NN(c3ccccc3)C2=O)cc(Br)cc1[N+](=O)[O-])Nc1ccccc1F. The van der Waals surface area contributed by atoms with E-state index in [0.717, 1.165) is 23.2 Å². The van der Waals surface area contributed by atoms with Gasteiger partial charge in [0.25, 0.3) is 17.7 Å². The summed E-state index contributed by atoms with van der Waals surface area (Å²) in [6, 6.07) is 16.4. The van der Waals surface area contributed by atoms with Gasteiger partial charge in [-0.25, -0.2) is 9.40 Å². The van der Waals surface area contributed by atoms with Crippen molar-refractivity contribution in [1.29, 1.82) is 0 Å². The van der Waals surface area contributed by atoms with Crippen LogP contribution in [-0.2, 0) is 14.4 Å². The molecule has 2 N–H and O–H groups in total. The zero-order chi connectivity index (χ0) is 25.8. The van der Waals surface area contributed by atoms with E-state index in [1.165, 1.54) is 24.3 Å². The van der Waals surface area contributed by atoms with Crippen molar-refractivity contribution in [3.05, 3.63) is 98.3 Å². The van der Waals surface area contributed by atoms with Crippen molar-refractivity contribution in [3.8, 4) is 5.75 Å². The molecule has 0 unspecified atom stereocenters. The number of hydrazine groups is 1. The van der Waals surface area contributed by atoms with Gasteiger partial charge < -0.3 is 10.1 Å². The summed E-state index contributed by atoms with van der Waals surface area (Å²) in [4.78, 5) is 48.8. The topological polar surface area (TPSA) is 131 Å². The second kappa shape index (κ2) is 10.4. The molecule has 12 heteroatoms. The zero-order valence-corrected chi connectivity index (χ0v) is 19.8. The summed E-state index contributed by atoms with van der Waals surface area (Å²) in [5.74, 6) is -3.20. The Morgan fingerprint density at radius 3 is 2.53 bits per heavy atom. The molecule has 1 aliphatic heterocycles. The molecule has 10 nitrogen and oxygen atoms in total. The van der Waals surface area contributed by atoms with Crippen molar-refractivity contribution in [3.63, 3.8) is 0 Å². The molecule has 1 fully saturated rings. The summed E-state index contributed by atoms with van der Waals surface area (Å²) in [6.45, 7) is -0.705. The van der Waals surface area contributed by atoms with Crippen molar-refractivity contribution in [2.45, 2.75) is 0 Å². The average Bonchev–Trinajstić information content (AvgIpc) is 3.13. The Morgan fingerprint density at radius 2 is 1.83 bits per heavy atom. The fourth-order valence-corrected chi connectivity index (χ4v) is 3.82. The highest BCUT2D eigenvalue weighted by Crippen LogP contribution is 2.37. The molecule has 0 radical (unpaired) electrons.